The van der Waals surface area contributed by atoms with E-state index >= 15 is 0 Å². The van der Waals surface area contributed by atoms with Gasteiger partial charge in [-0.25, -0.2) is 0 Å². The molecule has 3 heteroatoms. The molecule has 0 aliphatic rings. The summed E-state index contributed by atoms with van der Waals surface area (Å²) in [6, 6.07) is 18.3. The van der Waals surface area contributed by atoms with Crippen molar-refractivity contribution in [3.63, 3.8) is 0 Å². The average Bonchev–Trinajstić information content (AvgIpc) is 3.39. The Hall–Kier alpha value is -0.950. The van der Waals surface area contributed by atoms with Crippen LogP contribution in [0.5, 0.6) is 0 Å². The van der Waals surface area contributed by atoms with Crippen molar-refractivity contribution in [1.82, 2.24) is 0 Å². The third-order valence-electron chi connectivity index (χ3n) is 5.72. The molecule has 0 nitrogen and oxygen atoms in total. The van der Waals surface area contributed by atoms with E-state index in [2.05, 4.69) is 115 Å². The third-order valence-corrected chi connectivity index (χ3v) is 5.72. The predicted molar refractivity (Wildman–Crippen MR) is 157 cm³/mol. The Balaban J connectivity index is 0.000000527. The van der Waals surface area contributed by atoms with Gasteiger partial charge in [-0.3, -0.25) is 0 Å². The van der Waals surface area contributed by atoms with Crippen molar-refractivity contribution in [1.29, 1.82) is 0 Å². The largest absolute Gasteiger partial charge is 2.00 e. The molecule has 1 radical (unpaired) electrons. The molecule has 0 saturated carbocycles. The van der Waals surface area contributed by atoms with Crippen molar-refractivity contribution < 1.29 is 26.2 Å². The Kier molecular flexibility index (Phi) is 17.0. The first-order valence-corrected chi connectivity index (χ1v) is 15.4. The molecule has 0 bridgehead atoms. The molecule has 0 heterocycles. The Morgan fingerprint density at radius 2 is 1.00 bits per heavy atom. The van der Waals surface area contributed by atoms with Crippen molar-refractivity contribution in [2.45, 2.75) is 80.3 Å². The number of aryl methyl sites for hydroxylation is 6. The minimum absolute atomic E-state index is 0. The van der Waals surface area contributed by atoms with E-state index in [1.807, 2.05) is 0 Å². The van der Waals surface area contributed by atoms with Gasteiger partial charge in [0.25, 0.3) is 0 Å². The maximum atomic E-state index is 4.64. The molecule has 0 aliphatic heterocycles. The first-order chi connectivity index (χ1) is 15.9. The molecule has 4 rings (SSSR count). The SMILES string of the molecule is CCCc1ccc(C)c2[cH-]c(C)cc12.CCCc1ccc(C)c2[cH-]c(C)cc12.CCl.C[SiH]C.[Zr+2]. The van der Waals surface area contributed by atoms with Crippen LogP contribution in [0.15, 0.2) is 48.5 Å². The molecular weight excluding hydrogens is 527 g/mol. The Bertz CT molecular complexity index is 1020. The van der Waals surface area contributed by atoms with Gasteiger partial charge in [0.1, 0.15) is 0 Å². The van der Waals surface area contributed by atoms with E-state index in [1.165, 1.54) is 87.0 Å². The summed E-state index contributed by atoms with van der Waals surface area (Å²) in [7, 11) is 0.750. The van der Waals surface area contributed by atoms with E-state index in [9.17, 15) is 0 Å². The van der Waals surface area contributed by atoms with Crippen LogP contribution >= 0.6 is 11.6 Å². The van der Waals surface area contributed by atoms with Crippen LogP contribution < -0.4 is 0 Å². The summed E-state index contributed by atoms with van der Waals surface area (Å²) in [5.74, 6) is 0. The van der Waals surface area contributed by atoms with Crippen LogP contribution in [-0.4, -0.2) is 15.9 Å². The number of benzene rings is 2. The Morgan fingerprint density at radius 3 is 1.29 bits per heavy atom. The van der Waals surface area contributed by atoms with Crippen LogP contribution in [0.1, 0.15) is 60.1 Å². The molecule has 34 heavy (non-hydrogen) atoms. The molecule has 0 unspecified atom stereocenters. The number of hydrogen-bond donors (Lipinski definition) is 0. The second-order valence-electron chi connectivity index (χ2n) is 8.88. The number of fused-ring (bicyclic) bond motifs is 2. The molecule has 0 amide bonds. The van der Waals surface area contributed by atoms with Crippen molar-refractivity contribution in [2.24, 2.45) is 0 Å². The third kappa shape index (κ3) is 9.25. The molecule has 0 atom stereocenters. The van der Waals surface area contributed by atoms with Crippen LogP contribution in [0.25, 0.3) is 21.5 Å². The summed E-state index contributed by atoms with van der Waals surface area (Å²) in [6.45, 7) is 17.6. The van der Waals surface area contributed by atoms with Gasteiger partial charge in [-0.2, -0.15) is 12.1 Å². The van der Waals surface area contributed by atoms with Crippen molar-refractivity contribution >= 4 is 42.7 Å². The van der Waals surface area contributed by atoms with Crippen molar-refractivity contribution in [3.8, 4) is 0 Å². The molecular formula is C31H44ClSiZr. The monoisotopic (exact) mass is 569 g/mol. The Morgan fingerprint density at radius 1 is 0.676 bits per heavy atom. The quantitative estimate of drug-likeness (QED) is 0.130. The fourth-order valence-corrected chi connectivity index (χ4v) is 4.27. The van der Waals surface area contributed by atoms with Gasteiger partial charge >= 0.3 is 26.2 Å². The van der Waals surface area contributed by atoms with E-state index < -0.39 is 0 Å². The predicted octanol–water partition coefficient (Wildman–Crippen LogP) is 9.63. The summed E-state index contributed by atoms with van der Waals surface area (Å²) < 4.78 is 0. The molecule has 4 aromatic rings. The smallest absolute Gasteiger partial charge is 0.165 e. The minimum Gasteiger partial charge on any atom is -0.165 e. The summed E-state index contributed by atoms with van der Waals surface area (Å²) in [4.78, 5) is 0. The maximum Gasteiger partial charge on any atom is 2.00 e. The second-order valence-corrected chi connectivity index (χ2v) is 10.0. The van der Waals surface area contributed by atoms with E-state index in [-0.39, 0.29) is 26.2 Å². The van der Waals surface area contributed by atoms with Gasteiger partial charge in [-0.1, -0.05) is 90.7 Å². The fraction of sp³-hybridized carbons (Fsp3) is 0.419. The van der Waals surface area contributed by atoms with Crippen molar-refractivity contribution in [3.05, 3.63) is 81.9 Å². The minimum atomic E-state index is 0. The molecule has 0 aromatic heterocycles. The van der Waals surface area contributed by atoms with Crippen LogP contribution in [0, 0.1) is 27.7 Å². The number of halogens is 1. The van der Waals surface area contributed by atoms with Gasteiger partial charge in [0, 0.05) is 15.9 Å². The molecule has 0 fully saturated rings. The molecule has 4 aromatic carbocycles. The van der Waals surface area contributed by atoms with E-state index in [4.69, 9.17) is 0 Å². The van der Waals surface area contributed by atoms with Crippen LogP contribution in [0.2, 0.25) is 13.1 Å². The average molecular weight is 571 g/mol. The first kappa shape index (κ1) is 33.1. The topological polar surface area (TPSA) is 0 Å². The van der Waals surface area contributed by atoms with Gasteiger partial charge in [0.15, 0.2) is 0 Å². The standard InChI is InChI=1S/2C14H17.C2H7Si.CH3Cl.Zr/c2*1-4-5-12-7-6-11(3)13-8-10(2)9-14(12)13;1-3-2;1-2;/h2*6-9H,4-5H2,1-3H3;3H,1-2H3;1H3;/q2*-1;;;+2. The fourth-order valence-electron chi connectivity index (χ4n) is 4.27. The molecule has 0 aliphatic carbocycles. The summed E-state index contributed by atoms with van der Waals surface area (Å²) in [6.07, 6.45) is 6.31. The number of alkyl halides is 1. The summed E-state index contributed by atoms with van der Waals surface area (Å²) in [5, 5.41) is 5.80. The maximum absolute atomic E-state index is 4.64. The van der Waals surface area contributed by atoms with Gasteiger partial charge in [-0.05, 0) is 12.8 Å². The zero-order valence-electron chi connectivity index (χ0n) is 22.9. The zero-order chi connectivity index (χ0) is 25.0. The normalized spacial score (nSPS) is 9.82. The van der Waals surface area contributed by atoms with Gasteiger partial charge in [0.05, 0.1) is 0 Å². The zero-order valence-corrected chi connectivity index (χ0v) is 27.3. The molecule has 0 spiro atoms. The molecule has 0 saturated heterocycles. The van der Waals surface area contributed by atoms with Gasteiger partial charge in [0.2, 0.25) is 0 Å². The van der Waals surface area contributed by atoms with E-state index in [1.54, 1.807) is 0 Å². The van der Waals surface area contributed by atoms with Gasteiger partial charge < -0.3 is 0 Å². The summed E-state index contributed by atoms with van der Waals surface area (Å²) in [5.41, 5.74) is 8.56. The van der Waals surface area contributed by atoms with Crippen LogP contribution in [0.4, 0.5) is 0 Å². The number of rotatable bonds is 4. The molecule has 0 N–H and O–H groups in total. The summed E-state index contributed by atoms with van der Waals surface area (Å²) >= 11 is 4.64. The number of hydrogen-bond acceptors (Lipinski definition) is 0. The first-order valence-electron chi connectivity index (χ1n) is 12.3. The van der Waals surface area contributed by atoms with Crippen molar-refractivity contribution in [2.75, 3.05) is 6.38 Å². The second kappa shape index (κ2) is 17.5. The van der Waals surface area contributed by atoms with E-state index in [0.717, 1.165) is 9.52 Å². The van der Waals surface area contributed by atoms with E-state index in [0.29, 0.717) is 0 Å². The Labute approximate surface area is 236 Å². The van der Waals surface area contributed by atoms with Gasteiger partial charge in [-0.15, -0.1) is 79.7 Å². The van der Waals surface area contributed by atoms with Crippen LogP contribution in [0.3, 0.4) is 0 Å². The molecule has 183 valence electrons. The van der Waals surface area contributed by atoms with Crippen LogP contribution in [-0.2, 0) is 39.0 Å².